The summed E-state index contributed by atoms with van der Waals surface area (Å²) < 4.78 is 34.1. The molecule has 0 aromatic carbocycles. The van der Waals surface area contributed by atoms with E-state index in [2.05, 4.69) is 104 Å². The van der Waals surface area contributed by atoms with Crippen LogP contribution in [0.3, 0.4) is 0 Å². The highest BCUT2D eigenvalue weighted by molar-refractivity contribution is 5.76. The summed E-state index contributed by atoms with van der Waals surface area (Å²) in [5.74, 6) is -0.286. The van der Waals surface area contributed by atoms with Crippen molar-refractivity contribution in [1.29, 1.82) is 0 Å². The van der Waals surface area contributed by atoms with Crippen LogP contribution in [0.15, 0.2) is 97.2 Å². The summed E-state index contributed by atoms with van der Waals surface area (Å²) in [6.45, 7) is 1.49. The Bertz CT molecular complexity index is 1970. The van der Waals surface area contributed by atoms with Crippen molar-refractivity contribution < 1.29 is 89.4 Å². The number of carbonyl (C=O) groups is 1. The standard InChI is InChI=1S/C69H117NO18/c1-3-5-7-9-11-12-13-14-15-16-17-18-19-20-21-22-23-24-25-26-27-28-29-30-31-32-33-34-35-36-37-38-39-40-41-43-45-47-57(75)70-52(53(74)46-44-42-10-8-6-4-2)51-83-67-63(81)60(78)65(55(49-72)85-67)88-69-64(82)61(79)66(56(50-73)86-69)87-68-62(80)59(77)58(76)54(48-71)84-68/h5,7,11-12,14-15,17-18,20-21,23-24,26-27,44,46,52-56,58-69,71-74,76-82H,3-4,6,8-10,13,16,19,22,25,28-43,45,47-51H2,1-2H3,(H,70,75)/b7-5-,12-11-,15-14-,18-17-,21-20-,24-23-,27-26-,46-44+. The molecule has 3 rings (SSSR count). The summed E-state index contributed by atoms with van der Waals surface area (Å²) in [6.07, 6.45) is 39.0. The Hall–Kier alpha value is -3.29. The fourth-order valence-corrected chi connectivity index (χ4v) is 10.7. The second kappa shape index (κ2) is 50.3. The number of aliphatic hydroxyl groups excluding tert-OH is 11. The maximum Gasteiger partial charge on any atom is 0.220 e. The molecule has 3 fully saturated rings. The van der Waals surface area contributed by atoms with Gasteiger partial charge in [-0.1, -0.05) is 214 Å². The van der Waals surface area contributed by atoms with E-state index in [1.54, 1.807) is 6.08 Å². The maximum absolute atomic E-state index is 13.3. The van der Waals surface area contributed by atoms with Crippen molar-refractivity contribution in [2.24, 2.45) is 0 Å². The van der Waals surface area contributed by atoms with E-state index in [1.807, 2.05) is 6.08 Å². The van der Waals surface area contributed by atoms with E-state index in [4.69, 9.17) is 28.4 Å². The predicted molar refractivity (Wildman–Crippen MR) is 341 cm³/mol. The molecule has 0 radical (unpaired) electrons. The minimum Gasteiger partial charge on any atom is -0.394 e. The molecule has 0 aromatic rings. The van der Waals surface area contributed by atoms with Gasteiger partial charge >= 0.3 is 0 Å². The molecule has 17 atom stereocenters. The van der Waals surface area contributed by atoms with Crippen LogP contribution in [-0.2, 0) is 33.2 Å². The van der Waals surface area contributed by atoms with Gasteiger partial charge < -0.3 is 89.9 Å². The number of nitrogens with one attached hydrogen (secondary N) is 1. The van der Waals surface area contributed by atoms with Crippen LogP contribution < -0.4 is 5.32 Å². The molecule has 12 N–H and O–H groups in total. The first-order valence-electron chi connectivity index (χ1n) is 33.5. The van der Waals surface area contributed by atoms with Gasteiger partial charge in [-0.3, -0.25) is 4.79 Å². The van der Waals surface area contributed by atoms with Crippen LogP contribution in [0.25, 0.3) is 0 Å². The number of allylic oxidation sites excluding steroid dienone is 15. The normalized spacial score (nSPS) is 29.0. The molecule has 19 nitrogen and oxygen atoms in total. The summed E-state index contributed by atoms with van der Waals surface area (Å²) in [6, 6.07) is -0.974. The maximum atomic E-state index is 13.3. The number of rotatable bonds is 49. The number of amides is 1. The van der Waals surface area contributed by atoms with Crippen LogP contribution in [-0.4, -0.2) is 193 Å². The second-order valence-corrected chi connectivity index (χ2v) is 23.6. The first kappa shape index (κ1) is 78.9. The molecule has 0 saturated carbocycles. The van der Waals surface area contributed by atoms with Gasteiger partial charge in [0.05, 0.1) is 38.6 Å². The highest BCUT2D eigenvalue weighted by Gasteiger charge is 2.53. The second-order valence-electron chi connectivity index (χ2n) is 23.6. The molecule has 3 heterocycles. The third kappa shape index (κ3) is 32.3. The molecule has 3 saturated heterocycles. The largest absolute Gasteiger partial charge is 0.394 e. The SMILES string of the molecule is CC/C=C\C/C=C\C/C=C\C/C=C\C/C=C\C/C=C\C/C=C\CCCCCCCCCCCCCCCCCC(=O)NC(COC1OC(CO)C(OC2OC(CO)C(OC3OC(CO)C(O)C(O)C3O)C(O)C2O)C(O)C1O)C(O)/C=C/CCCCCC. The Labute approximate surface area is 526 Å². The van der Waals surface area contributed by atoms with Gasteiger partial charge in [0, 0.05) is 6.42 Å². The zero-order chi connectivity index (χ0) is 64.0. The first-order valence-corrected chi connectivity index (χ1v) is 33.5. The highest BCUT2D eigenvalue weighted by Crippen LogP contribution is 2.33. The molecule has 3 aliphatic heterocycles. The van der Waals surface area contributed by atoms with E-state index in [-0.39, 0.29) is 18.9 Å². The van der Waals surface area contributed by atoms with Crippen LogP contribution >= 0.6 is 0 Å². The van der Waals surface area contributed by atoms with Crippen molar-refractivity contribution >= 4 is 5.91 Å². The number of hydrogen-bond acceptors (Lipinski definition) is 18. The fraction of sp³-hybridized carbons (Fsp3) is 0.754. The topological polar surface area (TPSA) is 307 Å². The molecule has 1 amide bonds. The molecule has 19 heteroatoms. The van der Waals surface area contributed by atoms with Crippen LogP contribution in [0.5, 0.6) is 0 Å². The van der Waals surface area contributed by atoms with Crippen LogP contribution in [0.1, 0.15) is 200 Å². The smallest absolute Gasteiger partial charge is 0.220 e. The minimum absolute atomic E-state index is 0.237. The zero-order valence-electron chi connectivity index (χ0n) is 53.2. The Morgan fingerprint density at radius 2 is 0.784 bits per heavy atom. The summed E-state index contributed by atoms with van der Waals surface area (Å²) in [5, 5.41) is 120. The molecule has 0 spiro atoms. The van der Waals surface area contributed by atoms with Crippen molar-refractivity contribution in [2.75, 3.05) is 26.4 Å². The molecular weight excluding hydrogens is 1130 g/mol. The monoisotopic (exact) mass is 1250 g/mol. The van der Waals surface area contributed by atoms with Gasteiger partial charge in [0.15, 0.2) is 18.9 Å². The van der Waals surface area contributed by atoms with Crippen molar-refractivity contribution in [3.05, 3.63) is 97.2 Å². The third-order valence-electron chi connectivity index (χ3n) is 16.1. The molecule has 0 bridgehead atoms. The minimum atomic E-state index is -1.98. The van der Waals surface area contributed by atoms with E-state index in [0.29, 0.717) is 6.42 Å². The van der Waals surface area contributed by atoms with Gasteiger partial charge in [-0.2, -0.15) is 0 Å². The third-order valence-corrected chi connectivity index (χ3v) is 16.1. The molecule has 506 valence electrons. The van der Waals surface area contributed by atoms with Gasteiger partial charge in [-0.25, -0.2) is 0 Å². The lowest BCUT2D eigenvalue weighted by Crippen LogP contribution is -2.66. The van der Waals surface area contributed by atoms with Crippen LogP contribution in [0, 0.1) is 0 Å². The molecule has 0 aromatic heterocycles. The fourth-order valence-electron chi connectivity index (χ4n) is 10.7. The van der Waals surface area contributed by atoms with Crippen LogP contribution in [0.2, 0.25) is 0 Å². The van der Waals surface area contributed by atoms with Gasteiger partial charge in [-0.05, 0) is 77.0 Å². The van der Waals surface area contributed by atoms with E-state index in [9.17, 15) is 61.0 Å². The van der Waals surface area contributed by atoms with E-state index in [1.165, 1.54) is 70.6 Å². The number of carbonyl (C=O) groups excluding carboxylic acids is 1. The molecular formula is C69H117NO18. The highest BCUT2D eigenvalue weighted by atomic mass is 16.8. The zero-order valence-corrected chi connectivity index (χ0v) is 53.2. The first-order chi connectivity index (χ1) is 42.8. The molecule has 88 heavy (non-hydrogen) atoms. The van der Waals surface area contributed by atoms with Gasteiger partial charge in [0.1, 0.15) is 73.2 Å². The van der Waals surface area contributed by atoms with Crippen molar-refractivity contribution in [3.63, 3.8) is 0 Å². The van der Waals surface area contributed by atoms with E-state index in [0.717, 1.165) is 103 Å². The van der Waals surface area contributed by atoms with E-state index >= 15 is 0 Å². The lowest BCUT2D eigenvalue weighted by molar-refractivity contribution is -0.379. The van der Waals surface area contributed by atoms with Gasteiger partial charge in [0.2, 0.25) is 5.91 Å². The molecule has 0 aliphatic carbocycles. The summed E-state index contributed by atoms with van der Waals surface area (Å²) >= 11 is 0. The Balaban J connectivity index is 1.27. The lowest BCUT2D eigenvalue weighted by Gasteiger charge is -2.48. The summed E-state index contributed by atoms with van der Waals surface area (Å²) in [5.41, 5.74) is 0. The Morgan fingerprint density at radius 1 is 0.420 bits per heavy atom. The number of hydrogen-bond donors (Lipinski definition) is 12. The van der Waals surface area contributed by atoms with Crippen LogP contribution in [0.4, 0.5) is 0 Å². The predicted octanol–water partition coefficient (Wildman–Crippen LogP) is 8.10. The van der Waals surface area contributed by atoms with Gasteiger partial charge in [-0.15, -0.1) is 0 Å². The van der Waals surface area contributed by atoms with Crippen molar-refractivity contribution in [2.45, 2.75) is 304 Å². The quantitative estimate of drug-likeness (QED) is 0.0202. The number of ether oxygens (including phenoxy) is 6. The Kier molecular flexibility index (Phi) is 45.1. The average molecular weight is 1250 g/mol. The van der Waals surface area contributed by atoms with E-state index < -0.39 is 124 Å². The van der Waals surface area contributed by atoms with Gasteiger partial charge in [0.25, 0.3) is 0 Å². The molecule has 3 aliphatic rings. The summed E-state index contributed by atoms with van der Waals surface area (Å²) in [4.78, 5) is 13.3. The lowest BCUT2D eigenvalue weighted by atomic mass is 9.96. The Morgan fingerprint density at radius 3 is 1.23 bits per heavy atom. The van der Waals surface area contributed by atoms with Crippen molar-refractivity contribution in [3.8, 4) is 0 Å². The number of aliphatic hydroxyl groups is 11. The molecule has 17 unspecified atom stereocenters. The average Bonchev–Trinajstić information content (AvgIpc) is 0.949. The number of unbranched alkanes of at least 4 members (excludes halogenated alkanes) is 19. The summed E-state index contributed by atoms with van der Waals surface area (Å²) in [7, 11) is 0. The van der Waals surface area contributed by atoms with Crippen molar-refractivity contribution in [1.82, 2.24) is 5.32 Å².